The molecule has 1 atom stereocenters. The summed E-state index contributed by atoms with van der Waals surface area (Å²) in [6, 6.07) is 7.76. The van der Waals surface area contributed by atoms with Gasteiger partial charge < -0.3 is 25.4 Å². The molecule has 25 heavy (non-hydrogen) atoms. The van der Waals surface area contributed by atoms with Crippen molar-refractivity contribution in [2.24, 2.45) is 4.99 Å². The minimum atomic E-state index is -0.324. The molecule has 0 aliphatic carbocycles. The average molecular weight is 348 g/mol. The van der Waals surface area contributed by atoms with Crippen LogP contribution in [0.25, 0.3) is 0 Å². The van der Waals surface area contributed by atoms with Crippen LogP contribution in [0.3, 0.4) is 0 Å². The first-order valence-electron chi connectivity index (χ1n) is 8.76. The van der Waals surface area contributed by atoms with Gasteiger partial charge in [0.25, 0.3) is 5.91 Å². The van der Waals surface area contributed by atoms with Gasteiger partial charge in [-0.25, -0.2) is 0 Å². The molecule has 1 aliphatic heterocycles. The maximum atomic E-state index is 12.1. The Hall–Kier alpha value is -2.12. The van der Waals surface area contributed by atoms with Crippen molar-refractivity contribution < 1.29 is 14.3 Å². The molecule has 1 saturated heterocycles. The van der Waals surface area contributed by atoms with Crippen molar-refractivity contribution in [2.75, 3.05) is 38.7 Å². The third-order valence-corrected chi connectivity index (χ3v) is 3.84. The topological polar surface area (TPSA) is 84.0 Å². The largest absolute Gasteiger partial charge is 0.380 e. The molecule has 1 aromatic carbocycles. The van der Waals surface area contributed by atoms with E-state index < -0.39 is 0 Å². The molecule has 3 N–H and O–H groups in total. The molecule has 1 aromatic rings. The zero-order chi connectivity index (χ0) is 17.9. The van der Waals surface area contributed by atoms with Crippen LogP contribution in [-0.4, -0.2) is 51.4 Å². The Morgan fingerprint density at radius 2 is 2.28 bits per heavy atom. The highest BCUT2D eigenvalue weighted by atomic mass is 16.5. The predicted octanol–water partition coefficient (Wildman–Crippen LogP) is 1.51. The molecule has 7 heteroatoms. The molecule has 1 fully saturated rings. The number of anilines is 1. The van der Waals surface area contributed by atoms with E-state index in [2.05, 4.69) is 20.9 Å². The Balaban J connectivity index is 1.80. The number of carbonyl (C=O) groups is 1. The van der Waals surface area contributed by atoms with Crippen LogP contribution in [0.2, 0.25) is 0 Å². The molecule has 7 nitrogen and oxygen atoms in total. The van der Waals surface area contributed by atoms with Crippen molar-refractivity contribution in [3.8, 4) is 0 Å². The summed E-state index contributed by atoms with van der Waals surface area (Å²) in [5.41, 5.74) is 1.83. The highest BCUT2D eigenvalue weighted by Crippen LogP contribution is 2.16. The smallest absolute Gasteiger partial charge is 0.253 e. The van der Waals surface area contributed by atoms with E-state index in [0.717, 1.165) is 24.1 Å². The van der Waals surface area contributed by atoms with E-state index in [1.54, 1.807) is 7.05 Å². The quantitative estimate of drug-likeness (QED) is 0.377. The van der Waals surface area contributed by atoms with Gasteiger partial charge in [0.2, 0.25) is 0 Å². The summed E-state index contributed by atoms with van der Waals surface area (Å²) in [6.07, 6.45) is 1.41. The lowest BCUT2D eigenvalue weighted by molar-refractivity contribution is -0.124. The van der Waals surface area contributed by atoms with Gasteiger partial charge in [-0.15, -0.1) is 0 Å². The summed E-state index contributed by atoms with van der Waals surface area (Å²) in [5, 5.41) is 9.35. The SMILES string of the molecule is CCOCCNC(=NC)NCc1cccc(NC(=O)C2CCCO2)c1. The van der Waals surface area contributed by atoms with Crippen molar-refractivity contribution in [1.82, 2.24) is 10.6 Å². The van der Waals surface area contributed by atoms with Gasteiger partial charge in [-0.1, -0.05) is 12.1 Å². The highest BCUT2D eigenvalue weighted by Gasteiger charge is 2.23. The normalized spacial score (nSPS) is 17.4. The first-order valence-corrected chi connectivity index (χ1v) is 8.76. The highest BCUT2D eigenvalue weighted by molar-refractivity contribution is 5.94. The van der Waals surface area contributed by atoms with E-state index in [1.807, 2.05) is 31.2 Å². The first-order chi connectivity index (χ1) is 12.2. The number of carbonyl (C=O) groups excluding carboxylic acids is 1. The minimum Gasteiger partial charge on any atom is -0.380 e. The molecule has 2 rings (SSSR count). The van der Waals surface area contributed by atoms with Gasteiger partial charge in [0, 0.05) is 39.0 Å². The average Bonchev–Trinajstić information content (AvgIpc) is 3.16. The Kier molecular flexibility index (Phi) is 8.21. The van der Waals surface area contributed by atoms with Crippen LogP contribution in [0, 0.1) is 0 Å². The standard InChI is InChI=1S/C18H28N4O3/c1-3-24-11-9-20-18(19-2)21-13-14-6-4-7-15(12-14)22-17(23)16-8-5-10-25-16/h4,6-7,12,16H,3,5,8-11,13H2,1-2H3,(H,22,23)(H2,19,20,21). The molecule has 1 amide bonds. The van der Waals surface area contributed by atoms with Crippen LogP contribution in [0.1, 0.15) is 25.3 Å². The van der Waals surface area contributed by atoms with Crippen LogP contribution in [0.4, 0.5) is 5.69 Å². The summed E-state index contributed by atoms with van der Waals surface area (Å²) in [4.78, 5) is 16.3. The second-order valence-corrected chi connectivity index (χ2v) is 5.74. The van der Waals surface area contributed by atoms with Crippen molar-refractivity contribution in [1.29, 1.82) is 0 Å². The van der Waals surface area contributed by atoms with E-state index in [9.17, 15) is 4.79 Å². The summed E-state index contributed by atoms with van der Waals surface area (Å²) < 4.78 is 10.7. The Morgan fingerprint density at radius 3 is 3.00 bits per heavy atom. The molecule has 0 aromatic heterocycles. The molecule has 1 unspecified atom stereocenters. The summed E-state index contributed by atoms with van der Waals surface area (Å²) in [5.74, 6) is 0.643. The van der Waals surface area contributed by atoms with Crippen LogP contribution in [-0.2, 0) is 20.8 Å². The number of nitrogens with one attached hydrogen (secondary N) is 3. The van der Waals surface area contributed by atoms with E-state index in [-0.39, 0.29) is 12.0 Å². The monoisotopic (exact) mass is 348 g/mol. The number of benzene rings is 1. The second kappa shape index (κ2) is 10.7. The summed E-state index contributed by atoms with van der Waals surface area (Å²) >= 11 is 0. The van der Waals surface area contributed by atoms with Gasteiger partial charge in [0.05, 0.1) is 6.61 Å². The summed E-state index contributed by atoms with van der Waals surface area (Å²) in [7, 11) is 1.73. The lowest BCUT2D eigenvalue weighted by Gasteiger charge is -2.13. The molecule has 0 bridgehead atoms. The number of nitrogens with zero attached hydrogens (tertiary/aromatic N) is 1. The first kappa shape index (κ1) is 19.2. The molecule has 0 spiro atoms. The predicted molar refractivity (Wildman–Crippen MR) is 98.7 cm³/mol. The fraction of sp³-hybridized carbons (Fsp3) is 0.556. The molecular weight excluding hydrogens is 320 g/mol. The van der Waals surface area contributed by atoms with E-state index in [0.29, 0.717) is 38.9 Å². The zero-order valence-electron chi connectivity index (χ0n) is 15.0. The Bertz CT molecular complexity index is 571. The number of guanidine groups is 1. The maximum Gasteiger partial charge on any atom is 0.253 e. The molecule has 1 aliphatic rings. The van der Waals surface area contributed by atoms with Gasteiger partial charge in [-0.05, 0) is 37.5 Å². The number of ether oxygens (including phenoxy) is 2. The van der Waals surface area contributed by atoms with Crippen molar-refractivity contribution in [3.63, 3.8) is 0 Å². The van der Waals surface area contributed by atoms with Crippen molar-refractivity contribution in [2.45, 2.75) is 32.4 Å². The van der Waals surface area contributed by atoms with Crippen LogP contribution >= 0.6 is 0 Å². The van der Waals surface area contributed by atoms with Crippen LogP contribution < -0.4 is 16.0 Å². The van der Waals surface area contributed by atoms with Gasteiger partial charge >= 0.3 is 0 Å². The zero-order valence-corrected chi connectivity index (χ0v) is 15.0. The number of hydrogen-bond donors (Lipinski definition) is 3. The Morgan fingerprint density at radius 1 is 1.40 bits per heavy atom. The van der Waals surface area contributed by atoms with Crippen molar-refractivity contribution >= 4 is 17.6 Å². The lowest BCUT2D eigenvalue weighted by Crippen LogP contribution is -2.38. The molecule has 138 valence electrons. The van der Waals surface area contributed by atoms with E-state index in [4.69, 9.17) is 9.47 Å². The van der Waals surface area contributed by atoms with Crippen LogP contribution in [0.5, 0.6) is 0 Å². The summed E-state index contributed by atoms with van der Waals surface area (Å²) in [6.45, 7) is 5.29. The number of hydrogen-bond acceptors (Lipinski definition) is 4. The number of amides is 1. The van der Waals surface area contributed by atoms with E-state index >= 15 is 0 Å². The second-order valence-electron chi connectivity index (χ2n) is 5.74. The van der Waals surface area contributed by atoms with E-state index in [1.165, 1.54) is 0 Å². The fourth-order valence-electron chi connectivity index (χ4n) is 2.56. The lowest BCUT2D eigenvalue weighted by atomic mass is 10.2. The minimum absolute atomic E-state index is 0.0731. The molecule has 1 heterocycles. The number of rotatable bonds is 8. The van der Waals surface area contributed by atoms with Gasteiger partial charge in [-0.3, -0.25) is 9.79 Å². The third-order valence-electron chi connectivity index (χ3n) is 3.84. The van der Waals surface area contributed by atoms with Crippen LogP contribution in [0.15, 0.2) is 29.3 Å². The number of aliphatic imine (C=N–C) groups is 1. The molecular formula is C18H28N4O3. The van der Waals surface area contributed by atoms with Gasteiger partial charge in [0.1, 0.15) is 6.10 Å². The van der Waals surface area contributed by atoms with Gasteiger partial charge in [-0.2, -0.15) is 0 Å². The third kappa shape index (κ3) is 6.72. The Labute approximate surface area is 149 Å². The molecule has 0 radical (unpaired) electrons. The maximum absolute atomic E-state index is 12.1. The fourth-order valence-corrected chi connectivity index (χ4v) is 2.56. The van der Waals surface area contributed by atoms with Crippen molar-refractivity contribution in [3.05, 3.63) is 29.8 Å². The van der Waals surface area contributed by atoms with Gasteiger partial charge in [0.15, 0.2) is 5.96 Å². The molecule has 0 saturated carbocycles.